The van der Waals surface area contributed by atoms with Crippen LogP contribution in [-0.4, -0.2) is 5.91 Å². The number of halogens is 1. The summed E-state index contributed by atoms with van der Waals surface area (Å²) < 4.78 is 1.02. The first-order valence-electron chi connectivity index (χ1n) is 5.39. The van der Waals surface area contributed by atoms with Crippen LogP contribution in [0.25, 0.3) is 0 Å². The van der Waals surface area contributed by atoms with E-state index < -0.39 is 0 Å². The Hall–Kier alpha value is -1.09. The molecule has 0 atom stereocenters. The van der Waals surface area contributed by atoms with Crippen molar-refractivity contribution >= 4 is 27.5 Å². The molecule has 1 aliphatic carbocycles. The first kappa shape index (κ1) is 11.4. The monoisotopic (exact) mass is 279 g/mol. The van der Waals surface area contributed by atoms with Gasteiger partial charge in [0, 0.05) is 16.1 Å². The molecule has 1 N–H and O–H groups in total. The van der Waals surface area contributed by atoms with Gasteiger partial charge in [-0.15, -0.1) is 0 Å². The van der Waals surface area contributed by atoms with Crippen LogP contribution in [0.5, 0.6) is 0 Å². The van der Waals surface area contributed by atoms with Gasteiger partial charge in [0.15, 0.2) is 0 Å². The van der Waals surface area contributed by atoms with Crippen LogP contribution >= 0.6 is 15.9 Å². The van der Waals surface area contributed by atoms with Crippen LogP contribution < -0.4 is 5.32 Å². The van der Waals surface area contributed by atoms with Crippen LogP contribution in [0.15, 0.2) is 34.8 Å². The second-order valence-corrected chi connectivity index (χ2v) is 4.95. The number of hydrogen-bond donors (Lipinski definition) is 1. The van der Waals surface area contributed by atoms with Crippen LogP contribution in [0.1, 0.15) is 18.4 Å². The van der Waals surface area contributed by atoms with Gasteiger partial charge < -0.3 is 5.32 Å². The van der Waals surface area contributed by atoms with Crippen molar-refractivity contribution in [1.29, 1.82) is 0 Å². The lowest BCUT2D eigenvalue weighted by molar-refractivity contribution is -0.119. The zero-order valence-corrected chi connectivity index (χ0v) is 10.8. The molecule has 3 heteroatoms. The zero-order chi connectivity index (χ0) is 11.5. The molecule has 1 aliphatic rings. The normalized spacial score (nSPS) is 15.4. The Kier molecular flexibility index (Phi) is 3.44. The maximum absolute atomic E-state index is 11.8. The Morgan fingerprint density at radius 1 is 1.38 bits per heavy atom. The Balaban J connectivity index is 2.03. The van der Waals surface area contributed by atoms with E-state index in [0.29, 0.717) is 0 Å². The fraction of sp³-hybridized carbons (Fsp3) is 0.308. The van der Waals surface area contributed by atoms with Crippen LogP contribution in [0.4, 0.5) is 5.69 Å². The largest absolute Gasteiger partial charge is 0.326 e. The molecule has 0 unspecified atom stereocenters. The number of anilines is 1. The summed E-state index contributed by atoms with van der Waals surface area (Å²) in [6, 6.07) is 5.86. The summed E-state index contributed by atoms with van der Waals surface area (Å²) >= 11 is 3.46. The number of aryl methyl sites for hydroxylation is 1. The van der Waals surface area contributed by atoms with Crippen molar-refractivity contribution < 1.29 is 4.79 Å². The lowest BCUT2D eigenvalue weighted by Gasteiger charge is -2.11. The Labute approximate surface area is 104 Å². The SMILES string of the molecule is Cc1ccc(NC(=O)C2CC=CC2)cc1Br. The van der Waals surface area contributed by atoms with E-state index in [1.807, 2.05) is 25.1 Å². The summed E-state index contributed by atoms with van der Waals surface area (Å²) in [5.74, 6) is 0.223. The van der Waals surface area contributed by atoms with Gasteiger partial charge in [-0.05, 0) is 37.5 Å². The number of amides is 1. The number of hydrogen-bond acceptors (Lipinski definition) is 1. The van der Waals surface area contributed by atoms with E-state index in [-0.39, 0.29) is 11.8 Å². The van der Waals surface area contributed by atoms with Crippen molar-refractivity contribution in [2.45, 2.75) is 19.8 Å². The average Bonchev–Trinajstić information content (AvgIpc) is 2.77. The van der Waals surface area contributed by atoms with Gasteiger partial charge in [0.05, 0.1) is 0 Å². The van der Waals surface area contributed by atoms with E-state index in [1.54, 1.807) is 0 Å². The minimum atomic E-state index is 0.111. The molecule has 1 aromatic carbocycles. The van der Waals surface area contributed by atoms with Gasteiger partial charge in [-0.3, -0.25) is 4.79 Å². The van der Waals surface area contributed by atoms with Gasteiger partial charge in [0.25, 0.3) is 0 Å². The summed E-state index contributed by atoms with van der Waals surface area (Å²) in [4.78, 5) is 11.8. The number of nitrogens with one attached hydrogen (secondary N) is 1. The molecular formula is C13H14BrNO. The molecule has 2 nitrogen and oxygen atoms in total. The molecule has 1 aromatic rings. The van der Waals surface area contributed by atoms with Crippen LogP contribution in [0.3, 0.4) is 0 Å². The molecule has 0 spiro atoms. The molecular weight excluding hydrogens is 266 g/mol. The second-order valence-electron chi connectivity index (χ2n) is 4.09. The van der Waals surface area contributed by atoms with E-state index in [4.69, 9.17) is 0 Å². The third-order valence-electron chi connectivity index (χ3n) is 2.82. The lowest BCUT2D eigenvalue weighted by Crippen LogP contribution is -2.20. The van der Waals surface area contributed by atoms with Crippen molar-refractivity contribution in [2.75, 3.05) is 5.32 Å². The predicted molar refractivity (Wildman–Crippen MR) is 69.4 cm³/mol. The number of carbonyl (C=O) groups excluding carboxylic acids is 1. The molecule has 0 fully saturated rings. The number of carbonyl (C=O) groups is 1. The maximum Gasteiger partial charge on any atom is 0.228 e. The van der Waals surface area contributed by atoms with Gasteiger partial charge in [-0.1, -0.05) is 34.1 Å². The zero-order valence-electron chi connectivity index (χ0n) is 9.16. The smallest absolute Gasteiger partial charge is 0.228 e. The maximum atomic E-state index is 11.8. The Morgan fingerprint density at radius 3 is 2.69 bits per heavy atom. The minimum absolute atomic E-state index is 0.111. The quantitative estimate of drug-likeness (QED) is 0.823. The van der Waals surface area contributed by atoms with Crippen molar-refractivity contribution in [3.05, 3.63) is 40.4 Å². The molecule has 0 bridgehead atoms. The third kappa shape index (κ3) is 2.53. The fourth-order valence-electron chi connectivity index (χ4n) is 1.75. The van der Waals surface area contributed by atoms with E-state index in [2.05, 4.69) is 33.4 Å². The van der Waals surface area contributed by atoms with E-state index >= 15 is 0 Å². The molecule has 84 valence electrons. The number of benzene rings is 1. The van der Waals surface area contributed by atoms with Crippen molar-refractivity contribution in [1.82, 2.24) is 0 Å². The predicted octanol–water partition coefficient (Wildman–Crippen LogP) is 3.66. The first-order chi connectivity index (χ1) is 7.66. The van der Waals surface area contributed by atoms with Gasteiger partial charge in [0.1, 0.15) is 0 Å². The summed E-state index contributed by atoms with van der Waals surface area (Å²) in [6.45, 7) is 2.02. The molecule has 0 aliphatic heterocycles. The van der Waals surface area contributed by atoms with Crippen molar-refractivity contribution in [3.8, 4) is 0 Å². The highest BCUT2D eigenvalue weighted by molar-refractivity contribution is 9.10. The molecule has 16 heavy (non-hydrogen) atoms. The molecule has 0 aromatic heterocycles. The molecule has 2 rings (SSSR count). The van der Waals surface area contributed by atoms with Crippen LogP contribution in [0.2, 0.25) is 0 Å². The summed E-state index contributed by atoms with van der Waals surface area (Å²) in [5.41, 5.74) is 2.02. The topological polar surface area (TPSA) is 29.1 Å². The van der Waals surface area contributed by atoms with Gasteiger partial charge in [-0.2, -0.15) is 0 Å². The minimum Gasteiger partial charge on any atom is -0.326 e. The molecule has 1 amide bonds. The van der Waals surface area contributed by atoms with Crippen LogP contribution in [0, 0.1) is 12.8 Å². The highest BCUT2D eigenvalue weighted by Crippen LogP contribution is 2.23. The molecule has 0 heterocycles. The molecule has 0 saturated carbocycles. The van der Waals surface area contributed by atoms with Crippen LogP contribution in [-0.2, 0) is 4.79 Å². The summed E-state index contributed by atoms with van der Waals surface area (Å²) in [7, 11) is 0. The van der Waals surface area contributed by atoms with E-state index in [1.165, 1.54) is 5.56 Å². The molecule has 0 radical (unpaired) electrons. The Morgan fingerprint density at radius 2 is 2.06 bits per heavy atom. The standard InChI is InChI=1S/C13H14BrNO/c1-9-6-7-11(8-12(9)14)15-13(16)10-4-2-3-5-10/h2-3,6-8,10H,4-5H2,1H3,(H,15,16). The lowest BCUT2D eigenvalue weighted by atomic mass is 10.1. The van der Waals surface area contributed by atoms with E-state index in [9.17, 15) is 4.79 Å². The average molecular weight is 280 g/mol. The Bertz CT molecular complexity index is 432. The third-order valence-corrected chi connectivity index (χ3v) is 3.67. The van der Waals surface area contributed by atoms with Gasteiger partial charge >= 0.3 is 0 Å². The molecule has 0 saturated heterocycles. The highest BCUT2D eigenvalue weighted by atomic mass is 79.9. The number of allylic oxidation sites excluding steroid dienone is 2. The highest BCUT2D eigenvalue weighted by Gasteiger charge is 2.19. The van der Waals surface area contributed by atoms with Gasteiger partial charge in [-0.25, -0.2) is 0 Å². The van der Waals surface area contributed by atoms with Crippen molar-refractivity contribution in [2.24, 2.45) is 5.92 Å². The van der Waals surface area contributed by atoms with Gasteiger partial charge in [0.2, 0.25) is 5.91 Å². The summed E-state index contributed by atoms with van der Waals surface area (Å²) in [6.07, 6.45) is 5.85. The first-order valence-corrected chi connectivity index (χ1v) is 6.18. The fourth-order valence-corrected chi connectivity index (χ4v) is 2.13. The number of rotatable bonds is 2. The van der Waals surface area contributed by atoms with E-state index in [0.717, 1.165) is 23.0 Å². The summed E-state index contributed by atoms with van der Waals surface area (Å²) in [5, 5.41) is 2.94. The second kappa shape index (κ2) is 4.83. The van der Waals surface area contributed by atoms with Crippen molar-refractivity contribution in [3.63, 3.8) is 0 Å².